The standard InChI is InChI=1S/C15H17F2N3/c1-4-13-19-14(9(3)15(20-13)18-5-2)10-6-7-11(16)12(17)8-10/h6-8H,4-5H2,1-3H3,(H,18,19,20). The first-order valence-electron chi connectivity index (χ1n) is 6.63. The number of nitrogens with zero attached hydrogens (tertiary/aromatic N) is 2. The van der Waals surface area contributed by atoms with Crippen LogP contribution in [0.3, 0.4) is 0 Å². The van der Waals surface area contributed by atoms with Crippen molar-refractivity contribution >= 4 is 5.82 Å². The second kappa shape index (κ2) is 5.94. The highest BCUT2D eigenvalue weighted by Crippen LogP contribution is 2.27. The summed E-state index contributed by atoms with van der Waals surface area (Å²) in [5, 5.41) is 3.17. The molecule has 0 spiro atoms. The van der Waals surface area contributed by atoms with Crippen LogP contribution in [0.1, 0.15) is 25.2 Å². The van der Waals surface area contributed by atoms with Gasteiger partial charge in [0.2, 0.25) is 0 Å². The van der Waals surface area contributed by atoms with E-state index < -0.39 is 11.6 Å². The van der Waals surface area contributed by atoms with E-state index in [1.165, 1.54) is 12.1 Å². The number of hydrogen-bond donors (Lipinski definition) is 1. The highest BCUT2D eigenvalue weighted by molar-refractivity contribution is 5.68. The summed E-state index contributed by atoms with van der Waals surface area (Å²) in [6.07, 6.45) is 0.676. The number of halogens is 2. The van der Waals surface area contributed by atoms with Crippen LogP contribution in [0.5, 0.6) is 0 Å². The summed E-state index contributed by atoms with van der Waals surface area (Å²) in [5.74, 6) is -0.322. The van der Waals surface area contributed by atoms with Gasteiger partial charge in [-0.3, -0.25) is 0 Å². The number of benzene rings is 1. The van der Waals surface area contributed by atoms with E-state index >= 15 is 0 Å². The zero-order valence-corrected chi connectivity index (χ0v) is 11.8. The molecule has 1 heterocycles. The number of hydrogen-bond acceptors (Lipinski definition) is 3. The van der Waals surface area contributed by atoms with Crippen LogP contribution in [0.4, 0.5) is 14.6 Å². The van der Waals surface area contributed by atoms with Crippen LogP contribution in [0.2, 0.25) is 0 Å². The van der Waals surface area contributed by atoms with Crippen LogP contribution in [0, 0.1) is 18.6 Å². The van der Waals surface area contributed by atoms with E-state index in [1.807, 2.05) is 20.8 Å². The van der Waals surface area contributed by atoms with Crippen molar-refractivity contribution in [3.8, 4) is 11.3 Å². The zero-order valence-electron chi connectivity index (χ0n) is 11.8. The van der Waals surface area contributed by atoms with E-state index in [1.54, 1.807) is 0 Å². The van der Waals surface area contributed by atoms with Crippen LogP contribution in [0.15, 0.2) is 18.2 Å². The van der Waals surface area contributed by atoms with Crippen molar-refractivity contribution in [2.45, 2.75) is 27.2 Å². The highest BCUT2D eigenvalue weighted by atomic mass is 19.2. The summed E-state index contributed by atoms with van der Waals surface area (Å²) in [7, 11) is 0. The molecule has 0 radical (unpaired) electrons. The summed E-state index contributed by atoms with van der Waals surface area (Å²) in [5.41, 5.74) is 2.01. The Kier molecular flexibility index (Phi) is 4.27. The highest BCUT2D eigenvalue weighted by Gasteiger charge is 2.13. The molecule has 2 aromatic rings. The Labute approximate surface area is 117 Å². The van der Waals surface area contributed by atoms with Gasteiger partial charge in [-0.25, -0.2) is 18.7 Å². The largest absolute Gasteiger partial charge is 0.370 e. The predicted octanol–water partition coefficient (Wildman–Crippen LogP) is 3.72. The fourth-order valence-corrected chi connectivity index (χ4v) is 1.99. The number of rotatable bonds is 4. The molecule has 0 saturated heterocycles. The van der Waals surface area contributed by atoms with Gasteiger partial charge < -0.3 is 5.32 Å². The number of aromatic nitrogens is 2. The molecular formula is C15H17F2N3. The van der Waals surface area contributed by atoms with Crippen molar-refractivity contribution in [3.63, 3.8) is 0 Å². The molecule has 0 amide bonds. The van der Waals surface area contributed by atoms with Crippen molar-refractivity contribution in [2.75, 3.05) is 11.9 Å². The average Bonchev–Trinajstić information content (AvgIpc) is 2.44. The molecule has 106 valence electrons. The van der Waals surface area contributed by atoms with Crippen molar-refractivity contribution in [1.29, 1.82) is 0 Å². The summed E-state index contributed by atoms with van der Waals surface area (Å²) in [4.78, 5) is 8.85. The van der Waals surface area contributed by atoms with Gasteiger partial charge >= 0.3 is 0 Å². The third kappa shape index (κ3) is 2.76. The molecule has 2 rings (SSSR count). The molecule has 20 heavy (non-hydrogen) atoms. The Morgan fingerprint density at radius 1 is 1.10 bits per heavy atom. The monoisotopic (exact) mass is 277 g/mol. The minimum absolute atomic E-state index is 0.553. The van der Waals surface area contributed by atoms with Gasteiger partial charge in [0.1, 0.15) is 11.6 Å². The van der Waals surface area contributed by atoms with E-state index in [0.29, 0.717) is 23.5 Å². The van der Waals surface area contributed by atoms with E-state index in [2.05, 4.69) is 15.3 Å². The van der Waals surface area contributed by atoms with Gasteiger partial charge in [-0.2, -0.15) is 0 Å². The molecule has 0 atom stereocenters. The Morgan fingerprint density at radius 2 is 1.85 bits per heavy atom. The van der Waals surface area contributed by atoms with Crippen LogP contribution in [0.25, 0.3) is 11.3 Å². The van der Waals surface area contributed by atoms with Gasteiger partial charge in [0.25, 0.3) is 0 Å². The first-order valence-corrected chi connectivity index (χ1v) is 6.63. The van der Waals surface area contributed by atoms with Crippen LogP contribution < -0.4 is 5.32 Å². The maximum absolute atomic E-state index is 13.4. The smallest absolute Gasteiger partial charge is 0.159 e. The molecule has 0 saturated carbocycles. The van der Waals surface area contributed by atoms with Crippen molar-refractivity contribution in [1.82, 2.24) is 9.97 Å². The van der Waals surface area contributed by atoms with Gasteiger partial charge in [-0.1, -0.05) is 6.92 Å². The quantitative estimate of drug-likeness (QED) is 0.925. The van der Waals surface area contributed by atoms with E-state index in [-0.39, 0.29) is 0 Å². The van der Waals surface area contributed by atoms with Crippen molar-refractivity contribution in [3.05, 3.63) is 41.2 Å². The second-order valence-electron chi connectivity index (χ2n) is 4.47. The zero-order chi connectivity index (χ0) is 14.7. The van der Waals surface area contributed by atoms with Crippen LogP contribution >= 0.6 is 0 Å². The maximum Gasteiger partial charge on any atom is 0.159 e. The number of nitrogens with one attached hydrogen (secondary N) is 1. The Bertz CT molecular complexity index is 627. The maximum atomic E-state index is 13.4. The Balaban J connectivity index is 2.59. The topological polar surface area (TPSA) is 37.8 Å². The molecule has 1 N–H and O–H groups in total. The molecule has 0 fully saturated rings. The predicted molar refractivity (Wildman–Crippen MR) is 75.7 cm³/mol. The fourth-order valence-electron chi connectivity index (χ4n) is 1.99. The molecule has 5 heteroatoms. The third-order valence-electron chi connectivity index (χ3n) is 3.05. The molecule has 0 aliphatic rings. The lowest BCUT2D eigenvalue weighted by Crippen LogP contribution is -2.07. The normalized spacial score (nSPS) is 10.7. The summed E-state index contributed by atoms with van der Waals surface area (Å²) in [6.45, 7) is 6.53. The number of anilines is 1. The van der Waals surface area contributed by atoms with E-state index in [0.717, 1.165) is 24.0 Å². The molecule has 0 aliphatic carbocycles. The molecule has 0 unspecified atom stereocenters. The van der Waals surface area contributed by atoms with E-state index in [4.69, 9.17) is 0 Å². The van der Waals surface area contributed by atoms with Gasteiger partial charge in [0, 0.05) is 24.1 Å². The minimum atomic E-state index is -0.872. The lowest BCUT2D eigenvalue weighted by molar-refractivity contribution is 0.509. The Hall–Kier alpha value is -2.04. The summed E-state index contributed by atoms with van der Waals surface area (Å²) >= 11 is 0. The van der Waals surface area contributed by atoms with Gasteiger partial charge in [0.15, 0.2) is 11.6 Å². The molecule has 0 bridgehead atoms. The molecule has 1 aromatic carbocycles. The SMILES string of the molecule is CCNc1nc(CC)nc(-c2ccc(F)c(F)c2)c1C. The molecule has 0 aliphatic heterocycles. The molecule has 1 aromatic heterocycles. The summed E-state index contributed by atoms with van der Waals surface area (Å²) < 4.78 is 26.4. The van der Waals surface area contributed by atoms with Crippen molar-refractivity contribution in [2.24, 2.45) is 0 Å². The lowest BCUT2D eigenvalue weighted by atomic mass is 10.1. The van der Waals surface area contributed by atoms with Gasteiger partial charge in [0.05, 0.1) is 5.69 Å². The Morgan fingerprint density at radius 3 is 2.45 bits per heavy atom. The van der Waals surface area contributed by atoms with Crippen LogP contribution in [-0.4, -0.2) is 16.5 Å². The summed E-state index contributed by atoms with van der Waals surface area (Å²) in [6, 6.07) is 3.81. The van der Waals surface area contributed by atoms with Gasteiger partial charge in [-0.15, -0.1) is 0 Å². The van der Waals surface area contributed by atoms with E-state index in [9.17, 15) is 8.78 Å². The molecular weight excluding hydrogens is 260 g/mol. The second-order valence-corrected chi connectivity index (χ2v) is 4.47. The average molecular weight is 277 g/mol. The minimum Gasteiger partial charge on any atom is -0.370 e. The fraction of sp³-hybridized carbons (Fsp3) is 0.333. The third-order valence-corrected chi connectivity index (χ3v) is 3.05. The first-order chi connectivity index (χ1) is 9.56. The lowest BCUT2D eigenvalue weighted by Gasteiger charge is -2.13. The van der Waals surface area contributed by atoms with Gasteiger partial charge in [-0.05, 0) is 32.0 Å². The van der Waals surface area contributed by atoms with Crippen LogP contribution in [-0.2, 0) is 6.42 Å². The number of aryl methyl sites for hydroxylation is 1. The van der Waals surface area contributed by atoms with Crippen molar-refractivity contribution < 1.29 is 8.78 Å². The molecule has 3 nitrogen and oxygen atoms in total. The first kappa shape index (κ1) is 14.4.